The third kappa shape index (κ3) is 12.8. The van der Waals surface area contributed by atoms with E-state index in [0.717, 1.165) is 12.0 Å². The summed E-state index contributed by atoms with van der Waals surface area (Å²) >= 11 is 0. The third-order valence-electron chi connectivity index (χ3n) is 9.09. The second-order valence-corrected chi connectivity index (χ2v) is 13.3. The molecule has 1 fully saturated rings. The van der Waals surface area contributed by atoms with E-state index in [0.29, 0.717) is 39.0 Å². The van der Waals surface area contributed by atoms with Crippen molar-refractivity contribution in [2.45, 2.75) is 123 Å². The highest BCUT2D eigenvalue weighted by Gasteiger charge is 2.41. The quantitative estimate of drug-likeness (QED) is 0.111. The number of aliphatic hydroxyl groups excluding tert-OH is 3. The average Bonchev–Trinajstić information content (AvgIpc) is 3.02. The largest absolute Gasteiger partial charge is 0.457 e. The van der Waals surface area contributed by atoms with Crippen molar-refractivity contribution in [3.05, 3.63) is 36.0 Å². The van der Waals surface area contributed by atoms with Gasteiger partial charge in [0.05, 0.1) is 24.7 Å². The Balaban J connectivity index is 2.26. The van der Waals surface area contributed by atoms with Crippen molar-refractivity contribution in [3.8, 4) is 0 Å². The molecule has 0 aromatic heterocycles. The highest BCUT2D eigenvalue weighted by Crippen LogP contribution is 2.31. The van der Waals surface area contributed by atoms with E-state index in [1.54, 1.807) is 24.0 Å². The second kappa shape index (κ2) is 19.2. The first kappa shape index (κ1) is 39.4. The van der Waals surface area contributed by atoms with Gasteiger partial charge in [-0.15, -0.1) is 0 Å². The molecule has 46 heavy (non-hydrogen) atoms. The van der Waals surface area contributed by atoms with Gasteiger partial charge in [-0.3, -0.25) is 9.59 Å². The van der Waals surface area contributed by atoms with Gasteiger partial charge in [-0.25, -0.2) is 4.79 Å². The average molecular weight is 651 g/mol. The molecule has 11 nitrogen and oxygen atoms in total. The van der Waals surface area contributed by atoms with Crippen LogP contribution in [-0.2, 0) is 23.8 Å². The van der Waals surface area contributed by atoms with Gasteiger partial charge < -0.3 is 39.7 Å². The lowest BCUT2D eigenvalue weighted by Gasteiger charge is -2.38. The Morgan fingerprint density at radius 1 is 1.15 bits per heavy atom. The third-order valence-corrected chi connectivity index (χ3v) is 9.09. The maximum Gasteiger partial charge on any atom is 0.410 e. The number of esters is 2. The Labute approximate surface area is 275 Å². The molecular formula is C35H58N2O9. The Bertz CT molecular complexity index is 1070. The molecule has 9 atom stereocenters. The minimum absolute atomic E-state index is 0.118. The number of carbonyl (C=O) groups is 3. The van der Waals surface area contributed by atoms with Gasteiger partial charge in [-0.05, 0) is 63.5 Å². The summed E-state index contributed by atoms with van der Waals surface area (Å²) < 4.78 is 17.6. The van der Waals surface area contributed by atoms with Crippen LogP contribution in [0.25, 0.3) is 0 Å². The van der Waals surface area contributed by atoms with Crippen LogP contribution >= 0.6 is 0 Å². The normalized spacial score (nSPS) is 30.3. The predicted octanol–water partition coefficient (Wildman–Crippen LogP) is 4.05. The summed E-state index contributed by atoms with van der Waals surface area (Å²) in [6.07, 6.45) is 6.95. The SMILES string of the molecule is CC[C@H](O)[C@@H](C)[C@@H](O)CC[C@H](C)/C=C/C=C(\C)[C@H]1OC(=O)C[C@H](O)CC[C@@](C)(OC(=O)N2CCNCC2)[C@@H](OC(C)=O)/C=C/[C@@H]1C. The van der Waals surface area contributed by atoms with Gasteiger partial charge in [0.25, 0.3) is 0 Å². The van der Waals surface area contributed by atoms with Crippen LogP contribution in [0.4, 0.5) is 4.79 Å². The molecule has 0 unspecified atom stereocenters. The minimum Gasteiger partial charge on any atom is -0.457 e. The van der Waals surface area contributed by atoms with Crippen molar-refractivity contribution in [2.24, 2.45) is 17.8 Å². The van der Waals surface area contributed by atoms with Crippen LogP contribution < -0.4 is 5.32 Å². The number of carbonyl (C=O) groups excluding carboxylic acids is 3. The molecule has 4 N–H and O–H groups in total. The molecule has 262 valence electrons. The Morgan fingerprint density at radius 2 is 1.83 bits per heavy atom. The maximum absolute atomic E-state index is 13.1. The van der Waals surface area contributed by atoms with E-state index in [-0.39, 0.29) is 37.0 Å². The van der Waals surface area contributed by atoms with Crippen molar-refractivity contribution in [2.75, 3.05) is 26.2 Å². The Hall–Kier alpha value is -2.73. The topological polar surface area (TPSA) is 155 Å². The first-order valence-corrected chi connectivity index (χ1v) is 16.8. The maximum atomic E-state index is 13.1. The molecule has 2 aliphatic heterocycles. The summed E-state index contributed by atoms with van der Waals surface area (Å²) in [5.74, 6) is -1.46. The summed E-state index contributed by atoms with van der Waals surface area (Å²) in [5, 5.41) is 34.4. The standard InChI is InChI=1S/C35H58N2O9/c1-8-29(40)26(5)30(41)14-12-23(2)10-9-11-24(3)33-25(4)13-15-31(44-27(6)38)35(7,17-16-28(39)22-32(42)45-33)46-34(43)37-20-18-36-19-21-37/h9-11,13,15,23,25-26,28-31,33,36,39-41H,8,12,14,16-22H2,1-7H3/b10-9+,15-13+,24-11+/t23-,25+,26-,28-,29+,30+,31+,33-,35-/m1/s1. The summed E-state index contributed by atoms with van der Waals surface area (Å²) in [6, 6.07) is 0. The van der Waals surface area contributed by atoms with Crippen LogP contribution in [0.15, 0.2) is 36.0 Å². The summed E-state index contributed by atoms with van der Waals surface area (Å²) in [6.45, 7) is 14.8. The van der Waals surface area contributed by atoms with E-state index in [1.165, 1.54) is 6.92 Å². The number of amides is 1. The van der Waals surface area contributed by atoms with Gasteiger partial charge in [0, 0.05) is 44.9 Å². The highest BCUT2D eigenvalue weighted by molar-refractivity contribution is 5.71. The lowest BCUT2D eigenvalue weighted by Crippen LogP contribution is -2.52. The zero-order chi connectivity index (χ0) is 34.4. The molecule has 1 amide bonds. The van der Waals surface area contributed by atoms with Crippen LogP contribution in [0.1, 0.15) is 87.0 Å². The molecule has 0 bridgehead atoms. The van der Waals surface area contributed by atoms with Crippen molar-refractivity contribution in [3.63, 3.8) is 0 Å². The van der Waals surface area contributed by atoms with Gasteiger partial charge in [0.2, 0.25) is 0 Å². The lowest BCUT2D eigenvalue weighted by molar-refractivity contribution is -0.158. The number of allylic oxidation sites excluding steroid dienone is 3. The summed E-state index contributed by atoms with van der Waals surface area (Å²) in [5.41, 5.74) is -0.523. The van der Waals surface area contributed by atoms with Gasteiger partial charge in [0.1, 0.15) is 6.10 Å². The molecule has 2 aliphatic rings. The van der Waals surface area contributed by atoms with E-state index in [2.05, 4.69) is 12.2 Å². The molecule has 2 rings (SSSR count). The fourth-order valence-corrected chi connectivity index (χ4v) is 5.75. The molecule has 0 aliphatic carbocycles. The first-order chi connectivity index (χ1) is 21.7. The van der Waals surface area contributed by atoms with Gasteiger partial charge in [-0.2, -0.15) is 0 Å². The number of hydrogen-bond donors (Lipinski definition) is 4. The minimum atomic E-state index is -1.30. The van der Waals surface area contributed by atoms with Gasteiger partial charge in [0.15, 0.2) is 11.7 Å². The van der Waals surface area contributed by atoms with Crippen LogP contribution in [-0.4, -0.2) is 101 Å². The molecule has 1 saturated heterocycles. The molecule has 0 aromatic carbocycles. The molecule has 2 heterocycles. The zero-order valence-electron chi connectivity index (χ0n) is 28.8. The van der Waals surface area contributed by atoms with Crippen molar-refractivity contribution < 1.29 is 43.9 Å². The van der Waals surface area contributed by atoms with Crippen LogP contribution in [0.5, 0.6) is 0 Å². The van der Waals surface area contributed by atoms with E-state index in [1.807, 2.05) is 45.9 Å². The van der Waals surface area contributed by atoms with Gasteiger partial charge >= 0.3 is 18.0 Å². The number of aliphatic hydroxyl groups is 3. The molecule has 11 heteroatoms. The lowest BCUT2D eigenvalue weighted by atomic mass is 9.88. The van der Waals surface area contributed by atoms with Crippen LogP contribution in [0.2, 0.25) is 0 Å². The number of ether oxygens (including phenoxy) is 3. The smallest absolute Gasteiger partial charge is 0.410 e. The van der Waals surface area contributed by atoms with Crippen molar-refractivity contribution >= 4 is 18.0 Å². The second-order valence-electron chi connectivity index (χ2n) is 13.3. The Kier molecular flexibility index (Phi) is 16.4. The fourth-order valence-electron chi connectivity index (χ4n) is 5.75. The van der Waals surface area contributed by atoms with E-state index < -0.39 is 54.2 Å². The number of rotatable bonds is 11. The summed E-state index contributed by atoms with van der Waals surface area (Å²) in [4.78, 5) is 39.8. The van der Waals surface area contributed by atoms with Crippen molar-refractivity contribution in [1.29, 1.82) is 0 Å². The molecule has 0 spiro atoms. The molecule has 0 saturated carbocycles. The summed E-state index contributed by atoms with van der Waals surface area (Å²) in [7, 11) is 0. The predicted molar refractivity (Wildman–Crippen MR) is 176 cm³/mol. The van der Waals surface area contributed by atoms with Crippen LogP contribution in [0, 0.1) is 17.8 Å². The van der Waals surface area contributed by atoms with Crippen LogP contribution in [0.3, 0.4) is 0 Å². The fraction of sp³-hybridized carbons (Fsp3) is 0.743. The number of piperazine rings is 1. The first-order valence-electron chi connectivity index (χ1n) is 16.8. The van der Waals surface area contributed by atoms with E-state index in [9.17, 15) is 29.7 Å². The van der Waals surface area contributed by atoms with Crippen molar-refractivity contribution in [1.82, 2.24) is 10.2 Å². The molecule has 0 radical (unpaired) electrons. The molecule has 0 aromatic rings. The molecular weight excluding hydrogens is 592 g/mol. The Morgan fingerprint density at radius 3 is 2.46 bits per heavy atom. The number of hydrogen-bond acceptors (Lipinski definition) is 10. The number of nitrogens with zero attached hydrogens (tertiary/aromatic N) is 1. The van der Waals surface area contributed by atoms with Gasteiger partial charge in [-0.1, -0.05) is 52.0 Å². The monoisotopic (exact) mass is 650 g/mol. The zero-order valence-corrected chi connectivity index (χ0v) is 28.8. The van der Waals surface area contributed by atoms with E-state index >= 15 is 0 Å². The number of nitrogens with one attached hydrogen (secondary N) is 1. The number of cyclic esters (lactones) is 1. The highest BCUT2D eigenvalue weighted by atomic mass is 16.6. The van der Waals surface area contributed by atoms with E-state index in [4.69, 9.17) is 14.2 Å².